The molecule has 668 valence electrons. The Labute approximate surface area is 724 Å². The Morgan fingerprint density at radius 1 is 0.413 bits per heavy atom. The number of nitrogens with zero attached hydrogens (tertiary/aromatic N) is 6. The molecule has 0 aromatic heterocycles. The third-order valence-corrected chi connectivity index (χ3v) is 24.3. The van der Waals surface area contributed by atoms with Gasteiger partial charge in [0.15, 0.2) is 6.17 Å². The number of halogens is 9. The van der Waals surface area contributed by atoms with E-state index in [1.807, 2.05) is 57.2 Å². The van der Waals surface area contributed by atoms with E-state index in [1.165, 1.54) is 90.4 Å². The first-order valence-corrected chi connectivity index (χ1v) is 41.9. The summed E-state index contributed by atoms with van der Waals surface area (Å²) in [6, 6.07) is 34.9. The molecule has 9 aliphatic rings. The third kappa shape index (κ3) is 20.8. The molecule has 0 radical (unpaired) electrons. The monoisotopic (exact) mass is 1750 g/mol. The Bertz CT molecular complexity index is 5350. The lowest BCUT2D eigenvalue weighted by Crippen LogP contribution is -2.53. The molecule has 3 heterocycles. The number of benzodiazepines with no additional fused rings is 3. The number of rotatable bonds is 20. The van der Waals surface area contributed by atoms with Gasteiger partial charge in [0.1, 0.15) is 11.2 Å². The molecule has 6 atom stereocenters. The Hall–Kier alpha value is -11.9. The number of likely N-dealkylation sites (N-methyl/N-ethyl adjacent to an activating group) is 3. The van der Waals surface area contributed by atoms with E-state index in [0.717, 1.165) is 56.7 Å². The number of nitrogens with one attached hydrogen (secondary N) is 2. The van der Waals surface area contributed by atoms with Crippen molar-refractivity contribution < 1.29 is 97.2 Å². The van der Waals surface area contributed by atoms with E-state index in [4.69, 9.17) is 20.9 Å². The Balaban J connectivity index is 0.000000160. The van der Waals surface area contributed by atoms with Crippen molar-refractivity contribution in [1.82, 2.24) is 10.6 Å². The maximum absolute atomic E-state index is 14.2. The molecule has 3 saturated carbocycles. The molecule has 7 N–H and O–H groups in total. The average Bonchev–Trinajstić information content (AvgIpc) is 1.67. The van der Waals surface area contributed by atoms with E-state index in [0.29, 0.717) is 97.5 Å². The smallest absolute Gasteiger partial charge is 0.417 e. The van der Waals surface area contributed by atoms with E-state index in [9.17, 15) is 87.8 Å². The number of carboxylic acid groups (broad SMARTS) is 1. The van der Waals surface area contributed by atoms with E-state index in [-0.39, 0.29) is 51.6 Å². The number of amides is 6. The van der Waals surface area contributed by atoms with Gasteiger partial charge in [0.2, 0.25) is 30.1 Å². The van der Waals surface area contributed by atoms with Gasteiger partial charge in [-0.25, -0.2) is 9.98 Å². The molecule has 3 aliphatic heterocycles. The van der Waals surface area contributed by atoms with Crippen LogP contribution in [0.15, 0.2) is 197 Å². The normalized spacial score (nSPS) is 20.6. The molecule has 6 aliphatic carbocycles. The summed E-state index contributed by atoms with van der Waals surface area (Å²) in [6.45, 7) is 10.8. The first kappa shape index (κ1) is 93.3. The lowest BCUT2D eigenvalue weighted by atomic mass is 9.70. The summed E-state index contributed by atoms with van der Waals surface area (Å²) in [7, 11) is 4.51. The lowest BCUT2D eigenvalue weighted by Gasteiger charge is -2.37. The molecule has 15 rings (SSSR count). The number of hydrogen-bond acceptors (Lipinski definition) is 15. The first-order chi connectivity index (χ1) is 59.3. The van der Waals surface area contributed by atoms with Gasteiger partial charge in [-0.2, -0.15) is 39.5 Å². The number of carboxylic acids is 1. The molecular formula is C95H103F9N10O12. The fraction of sp³-hybridized carbons (Fsp3) is 0.432. The van der Waals surface area contributed by atoms with Crippen molar-refractivity contribution in [1.29, 1.82) is 0 Å². The summed E-state index contributed by atoms with van der Waals surface area (Å²) in [4.78, 5) is 135. The lowest BCUT2D eigenvalue weighted by molar-refractivity contribution is -0.176. The van der Waals surface area contributed by atoms with Crippen LogP contribution in [0.1, 0.15) is 188 Å². The molecule has 3 fully saturated rings. The molecule has 31 heteroatoms. The number of fused-ring (bicyclic) bond motifs is 3. The van der Waals surface area contributed by atoms with E-state index < -0.39 is 146 Å². The minimum atomic E-state index is -4.68. The summed E-state index contributed by atoms with van der Waals surface area (Å²) in [5.74, 6) is -6.39. The number of esters is 2. The minimum Gasteiger partial charge on any atom is -0.481 e. The van der Waals surface area contributed by atoms with Crippen LogP contribution in [0.2, 0.25) is 0 Å². The van der Waals surface area contributed by atoms with Crippen LogP contribution in [0.4, 0.5) is 56.6 Å². The second kappa shape index (κ2) is 37.0. The van der Waals surface area contributed by atoms with Crippen LogP contribution in [0.3, 0.4) is 0 Å². The molecule has 0 spiro atoms. The zero-order valence-corrected chi connectivity index (χ0v) is 71.3. The Morgan fingerprint density at radius 2 is 0.675 bits per heavy atom. The molecule has 22 nitrogen and oxygen atoms in total. The molecule has 3 unspecified atom stereocenters. The van der Waals surface area contributed by atoms with Crippen molar-refractivity contribution in [2.45, 2.75) is 186 Å². The number of anilines is 3. The fourth-order valence-corrected chi connectivity index (χ4v) is 17.1. The zero-order valence-electron chi connectivity index (χ0n) is 71.3. The second-order valence-corrected chi connectivity index (χ2v) is 35.6. The summed E-state index contributed by atoms with van der Waals surface area (Å²) >= 11 is 0. The number of carbonyl (C=O) groups excluding carboxylic acids is 8. The predicted octanol–water partition coefficient (Wildman–Crippen LogP) is 16.2. The van der Waals surface area contributed by atoms with Crippen molar-refractivity contribution in [3.05, 3.63) is 232 Å². The van der Waals surface area contributed by atoms with Crippen LogP contribution in [0, 0.1) is 51.8 Å². The number of ether oxygens (including phenoxy) is 2. The van der Waals surface area contributed by atoms with Crippen molar-refractivity contribution in [2.75, 3.05) is 35.8 Å². The molecule has 126 heavy (non-hydrogen) atoms. The number of carbonyl (C=O) groups is 9. The summed E-state index contributed by atoms with van der Waals surface area (Å²) in [5, 5.41) is 15.0. The zero-order chi connectivity index (χ0) is 91.6. The summed E-state index contributed by atoms with van der Waals surface area (Å²) < 4.78 is 136. The van der Waals surface area contributed by atoms with Crippen LogP contribution < -0.4 is 36.8 Å². The second-order valence-electron chi connectivity index (χ2n) is 35.6. The van der Waals surface area contributed by atoms with Crippen LogP contribution in [-0.2, 0) is 71.2 Å². The van der Waals surface area contributed by atoms with E-state index in [2.05, 4.69) is 25.6 Å². The highest BCUT2D eigenvalue weighted by Gasteiger charge is 2.56. The molecule has 6 amide bonds. The van der Waals surface area contributed by atoms with Gasteiger partial charge in [-0.15, -0.1) is 0 Å². The average molecular weight is 1750 g/mol. The van der Waals surface area contributed by atoms with Gasteiger partial charge in [0, 0.05) is 54.5 Å². The maximum atomic E-state index is 14.2. The van der Waals surface area contributed by atoms with Gasteiger partial charge < -0.3 is 51.4 Å². The summed E-state index contributed by atoms with van der Waals surface area (Å²) in [5.41, 5.74) is 6.12. The van der Waals surface area contributed by atoms with Gasteiger partial charge in [0.05, 0.1) is 84.9 Å². The standard InChI is InChI=1S/C33H36F3N3O4.C29H29F3N4O3.C17H14F3N3O.C16H24O4/c1-31(2,3)43-30(42)32(17-9-10-18-32)24(19-20-15-16-20)28(40)38-27-29(41)39(4)25-14-8-6-12-22(25)26(37-27)21-11-5-7-13-23(21)33(34,35)36;1-36-22-11-5-3-9-19(22)23(18-8-2-4-10-20(18)29(30,31)32)34-24(26(36)38)35-25(37)21(16-17-12-13-17)28(27(33)39)14-6-7-15-28;1-23-13-9-5-3-7-11(13)14(22-15(21)16(23)24)10-6-2-4-8-12(10)17(18,19)20;1-15(2,3)20-14(19)16(8-4-5-9-16)12(13(17)18)10-11-6-7-11/h5-14,20,24,27H,15-19H2,1-4H3,(H,38,40);2-11,17,21,24H,12-16H2,1H3,(H2,33,39)(H,35,37);2-9,15H,21H2,1H3;4-5,11-12H,6-10H2,1-3H3,(H,17,18)/t24-,27?;21-,24?;;12-/m00.0/s1. The predicted molar refractivity (Wildman–Crippen MR) is 456 cm³/mol. The highest BCUT2D eigenvalue weighted by atomic mass is 19.4. The number of primary amides is 1. The van der Waals surface area contributed by atoms with E-state index >= 15 is 0 Å². The minimum absolute atomic E-state index is 0.0590. The van der Waals surface area contributed by atoms with Crippen molar-refractivity contribution in [3.8, 4) is 0 Å². The Morgan fingerprint density at radius 3 is 0.968 bits per heavy atom. The van der Waals surface area contributed by atoms with Gasteiger partial charge in [0.25, 0.3) is 17.7 Å². The van der Waals surface area contributed by atoms with E-state index in [1.54, 1.807) is 93.6 Å². The Kier molecular flexibility index (Phi) is 27.4. The quantitative estimate of drug-likeness (QED) is 0.0270. The maximum Gasteiger partial charge on any atom is 0.417 e. The first-order valence-electron chi connectivity index (χ1n) is 41.9. The van der Waals surface area contributed by atoms with Crippen molar-refractivity contribution in [3.63, 3.8) is 0 Å². The molecular weight excluding hydrogens is 1640 g/mol. The highest BCUT2D eigenvalue weighted by molar-refractivity contribution is 6.23. The SMILES string of the molecule is CC(C)(C)OC(=O)C1([C@@H](CC2CC2)C(=O)O)CC=CC1.CN1C(=O)C(N)N=C(c2ccccc2C(F)(F)F)c2ccccc21.CN1C(=O)C(NC(=O)[C@H](CC2CC2)C2(C(=O)OC(C)(C)C)CC=CC2)N=C(c2ccccc2C(F)(F)F)c2ccccc21.CN1C(=O)C(NC(=O)[C@H](CC2CC2)C2(C(N)=O)CC=CC2)N=C(c2ccccc2C(F)(F)F)c2ccccc21. The largest absolute Gasteiger partial charge is 0.481 e. The van der Waals surface area contributed by atoms with Crippen LogP contribution in [0.5, 0.6) is 0 Å². The number of hydrogen-bond donors (Lipinski definition) is 5. The van der Waals surface area contributed by atoms with Crippen LogP contribution >= 0.6 is 0 Å². The van der Waals surface area contributed by atoms with Gasteiger partial charge >= 0.3 is 36.4 Å². The van der Waals surface area contributed by atoms with Gasteiger partial charge in [-0.05, 0) is 153 Å². The summed E-state index contributed by atoms with van der Waals surface area (Å²) in [6.07, 6.45) is 2.55. The van der Waals surface area contributed by atoms with Crippen LogP contribution in [0.25, 0.3) is 0 Å². The number of aliphatic imine (C=N–C) groups is 3. The number of para-hydroxylation sites is 3. The van der Waals surface area contributed by atoms with Crippen molar-refractivity contribution >= 4 is 87.5 Å². The number of allylic oxidation sites excluding steroid dienone is 6. The van der Waals surface area contributed by atoms with Crippen molar-refractivity contribution in [2.24, 2.45) is 78.2 Å². The molecule has 6 aromatic rings. The third-order valence-electron chi connectivity index (χ3n) is 24.3. The molecule has 0 saturated heterocycles. The molecule has 6 aromatic carbocycles. The van der Waals surface area contributed by atoms with Gasteiger partial charge in [-0.3, -0.25) is 48.1 Å². The fourth-order valence-electron chi connectivity index (χ4n) is 17.1. The number of benzene rings is 6. The van der Waals surface area contributed by atoms with Crippen LogP contribution in [-0.4, -0.2) is 126 Å². The topological polar surface area (TPSA) is 315 Å². The number of nitrogens with two attached hydrogens (primary N) is 2. The number of alkyl halides is 9. The number of aliphatic carboxylic acids is 1. The highest BCUT2D eigenvalue weighted by Crippen LogP contribution is 2.53. The molecule has 0 bridgehead atoms. The van der Waals surface area contributed by atoms with Gasteiger partial charge in [-0.1, -0.05) is 184 Å².